The number of hydrogen-bond donors (Lipinski definition) is 1. The Morgan fingerprint density at radius 3 is 2.70 bits per heavy atom. The Morgan fingerprint density at radius 1 is 1.26 bits per heavy atom. The van der Waals surface area contributed by atoms with Gasteiger partial charge in [0, 0.05) is 6.42 Å². The van der Waals surface area contributed by atoms with Gasteiger partial charge in [-0.3, -0.25) is 0 Å². The first kappa shape index (κ1) is 15.3. The Kier molecular flexibility index (Phi) is 4.17. The van der Waals surface area contributed by atoms with Gasteiger partial charge in [-0.1, -0.05) is 49.1 Å². The second-order valence-electron chi connectivity index (χ2n) is 5.53. The second-order valence-corrected chi connectivity index (χ2v) is 5.53. The summed E-state index contributed by atoms with van der Waals surface area (Å²) in [6.07, 6.45) is 2.20. The van der Waals surface area contributed by atoms with Crippen molar-refractivity contribution < 1.29 is 19.4 Å². The fourth-order valence-corrected chi connectivity index (χ4v) is 2.73. The predicted octanol–water partition coefficient (Wildman–Crippen LogP) is 3.51. The molecule has 1 heterocycles. The molecule has 23 heavy (non-hydrogen) atoms. The number of carbonyl (C=O) groups is 1. The van der Waals surface area contributed by atoms with Gasteiger partial charge in [-0.05, 0) is 23.3 Å². The zero-order valence-corrected chi connectivity index (χ0v) is 12.7. The van der Waals surface area contributed by atoms with E-state index >= 15 is 0 Å². The van der Waals surface area contributed by atoms with Gasteiger partial charge in [-0.15, -0.1) is 0 Å². The van der Waals surface area contributed by atoms with Gasteiger partial charge in [0.25, 0.3) is 0 Å². The van der Waals surface area contributed by atoms with Crippen LogP contribution in [0.5, 0.6) is 5.75 Å². The van der Waals surface area contributed by atoms with E-state index in [0.717, 1.165) is 11.1 Å². The maximum Gasteiger partial charge on any atom is 0.342 e. The van der Waals surface area contributed by atoms with E-state index in [4.69, 9.17) is 9.47 Å². The molecule has 0 spiro atoms. The lowest BCUT2D eigenvalue weighted by atomic mass is 9.92. The molecule has 3 rings (SSSR count). The number of benzene rings is 2. The molecule has 4 nitrogen and oxygen atoms in total. The number of rotatable bonds is 4. The summed E-state index contributed by atoms with van der Waals surface area (Å²) in [7, 11) is 0. The number of phenols is 1. The summed E-state index contributed by atoms with van der Waals surface area (Å²) in [5.41, 5.74) is 0.954. The largest absolute Gasteiger partial charge is 0.507 e. The number of aromatic hydroxyl groups is 1. The van der Waals surface area contributed by atoms with Crippen molar-refractivity contribution in [3.05, 3.63) is 71.8 Å². The van der Waals surface area contributed by atoms with E-state index in [2.05, 4.69) is 6.58 Å². The van der Waals surface area contributed by atoms with Crippen molar-refractivity contribution >= 4 is 12.0 Å². The summed E-state index contributed by atoms with van der Waals surface area (Å²) in [4.78, 5) is 12.6. The van der Waals surface area contributed by atoms with E-state index in [1.807, 2.05) is 30.3 Å². The van der Waals surface area contributed by atoms with Gasteiger partial charge in [-0.2, -0.15) is 0 Å². The molecule has 0 radical (unpaired) electrons. The average molecular weight is 310 g/mol. The van der Waals surface area contributed by atoms with E-state index in [-0.39, 0.29) is 11.3 Å². The number of esters is 1. The zero-order chi connectivity index (χ0) is 16.3. The standard InChI is InChI=1S/C19H18O4/c1-2-14-8-9-17(20)16(12-14)18(21)23-19(10-11-22-13-19)15-6-4-3-5-7-15/h2-9,12,20H,1,10-11,13H2. The Hall–Kier alpha value is -2.59. The minimum Gasteiger partial charge on any atom is -0.507 e. The Morgan fingerprint density at radius 2 is 2.04 bits per heavy atom. The van der Waals surface area contributed by atoms with E-state index in [1.54, 1.807) is 18.2 Å². The van der Waals surface area contributed by atoms with Crippen LogP contribution in [0.4, 0.5) is 0 Å². The lowest BCUT2D eigenvalue weighted by molar-refractivity contribution is -0.0261. The maximum absolute atomic E-state index is 12.6. The highest BCUT2D eigenvalue weighted by molar-refractivity contribution is 5.93. The molecular formula is C19H18O4. The van der Waals surface area contributed by atoms with Crippen molar-refractivity contribution in [3.63, 3.8) is 0 Å². The molecule has 4 heteroatoms. The lowest BCUT2D eigenvalue weighted by Crippen LogP contribution is -2.33. The molecular weight excluding hydrogens is 292 g/mol. The quantitative estimate of drug-likeness (QED) is 0.878. The third-order valence-corrected chi connectivity index (χ3v) is 4.05. The van der Waals surface area contributed by atoms with Gasteiger partial charge in [-0.25, -0.2) is 4.79 Å². The molecule has 1 unspecified atom stereocenters. The molecule has 0 aromatic heterocycles. The summed E-state index contributed by atoms with van der Waals surface area (Å²) in [5, 5.41) is 9.96. The van der Waals surface area contributed by atoms with Crippen molar-refractivity contribution in [1.29, 1.82) is 0 Å². The van der Waals surface area contributed by atoms with Crippen LogP contribution in [0.15, 0.2) is 55.1 Å². The summed E-state index contributed by atoms with van der Waals surface area (Å²) < 4.78 is 11.3. The summed E-state index contributed by atoms with van der Waals surface area (Å²) >= 11 is 0. The van der Waals surface area contributed by atoms with Crippen molar-refractivity contribution in [2.75, 3.05) is 13.2 Å². The summed E-state index contributed by atoms with van der Waals surface area (Å²) in [6.45, 7) is 4.51. The molecule has 0 amide bonds. The third-order valence-electron chi connectivity index (χ3n) is 4.05. The van der Waals surface area contributed by atoms with Crippen LogP contribution in [0.1, 0.15) is 27.9 Å². The Balaban J connectivity index is 1.92. The van der Waals surface area contributed by atoms with Gasteiger partial charge in [0.1, 0.15) is 11.3 Å². The van der Waals surface area contributed by atoms with Crippen LogP contribution in [0, 0.1) is 0 Å². The smallest absolute Gasteiger partial charge is 0.342 e. The first-order valence-electron chi connectivity index (χ1n) is 7.47. The first-order valence-corrected chi connectivity index (χ1v) is 7.47. The van der Waals surface area contributed by atoms with Crippen molar-refractivity contribution in [2.45, 2.75) is 12.0 Å². The molecule has 2 aromatic carbocycles. The second kappa shape index (κ2) is 6.26. The van der Waals surface area contributed by atoms with Gasteiger partial charge < -0.3 is 14.6 Å². The monoisotopic (exact) mass is 310 g/mol. The Bertz CT molecular complexity index is 715. The molecule has 1 N–H and O–H groups in total. The highest BCUT2D eigenvalue weighted by Gasteiger charge is 2.41. The summed E-state index contributed by atoms with van der Waals surface area (Å²) in [5.74, 6) is -0.678. The van der Waals surface area contributed by atoms with Crippen LogP contribution in [0.2, 0.25) is 0 Å². The van der Waals surface area contributed by atoms with Crippen LogP contribution in [-0.2, 0) is 15.1 Å². The molecule has 1 atom stereocenters. The molecule has 118 valence electrons. The van der Waals surface area contributed by atoms with E-state index in [0.29, 0.717) is 19.6 Å². The number of hydrogen-bond acceptors (Lipinski definition) is 4. The van der Waals surface area contributed by atoms with Gasteiger partial charge in [0.05, 0.1) is 13.2 Å². The average Bonchev–Trinajstić information content (AvgIpc) is 3.06. The molecule has 2 aromatic rings. The van der Waals surface area contributed by atoms with Gasteiger partial charge in [0.2, 0.25) is 0 Å². The normalized spacial score (nSPS) is 20.2. The maximum atomic E-state index is 12.6. The van der Waals surface area contributed by atoms with Crippen LogP contribution < -0.4 is 0 Å². The van der Waals surface area contributed by atoms with Crippen LogP contribution >= 0.6 is 0 Å². The topological polar surface area (TPSA) is 55.8 Å². The van der Waals surface area contributed by atoms with Crippen LogP contribution in [0.25, 0.3) is 6.08 Å². The number of ether oxygens (including phenoxy) is 2. The van der Waals surface area contributed by atoms with E-state index in [9.17, 15) is 9.90 Å². The van der Waals surface area contributed by atoms with Crippen LogP contribution in [0.3, 0.4) is 0 Å². The fraction of sp³-hybridized carbons (Fsp3) is 0.211. The highest BCUT2D eigenvalue weighted by Crippen LogP contribution is 2.36. The van der Waals surface area contributed by atoms with Gasteiger partial charge >= 0.3 is 5.97 Å². The molecule has 0 saturated carbocycles. The number of carbonyl (C=O) groups excluding carboxylic acids is 1. The molecule has 1 fully saturated rings. The highest BCUT2D eigenvalue weighted by atomic mass is 16.6. The zero-order valence-electron chi connectivity index (χ0n) is 12.7. The molecule has 0 bridgehead atoms. The minimum atomic E-state index is -0.811. The van der Waals surface area contributed by atoms with Crippen molar-refractivity contribution in [3.8, 4) is 5.75 Å². The van der Waals surface area contributed by atoms with E-state index in [1.165, 1.54) is 6.07 Å². The molecule has 0 aliphatic carbocycles. The predicted molar refractivity (Wildman–Crippen MR) is 87.2 cm³/mol. The number of phenolic OH excluding ortho intramolecular Hbond substituents is 1. The Labute approximate surface area is 135 Å². The van der Waals surface area contributed by atoms with Gasteiger partial charge in [0.15, 0.2) is 5.60 Å². The van der Waals surface area contributed by atoms with E-state index < -0.39 is 11.6 Å². The minimum absolute atomic E-state index is 0.109. The van der Waals surface area contributed by atoms with Crippen molar-refractivity contribution in [1.82, 2.24) is 0 Å². The SMILES string of the molecule is C=Cc1ccc(O)c(C(=O)OC2(c3ccccc3)CCOC2)c1. The van der Waals surface area contributed by atoms with Crippen LogP contribution in [-0.4, -0.2) is 24.3 Å². The fourth-order valence-electron chi connectivity index (χ4n) is 2.73. The van der Waals surface area contributed by atoms with Crippen molar-refractivity contribution in [2.24, 2.45) is 0 Å². The molecule has 1 saturated heterocycles. The first-order chi connectivity index (χ1) is 11.1. The molecule has 1 aliphatic heterocycles. The summed E-state index contributed by atoms with van der Waals surface area (Å²) in [6, 6.07) is 14.3. The third kappa shape index (κ3) is 2.98. The lowest BCUT2D eigenvalue weighted by Gasteiger charge is -2.28. The molecule has 1 aliphatic rings.